The Morgan fingerprint density at radius 2 is 1.42 bits per heavy atom. The lowest BCUT2D eigenvalue weighted by molar-refractivity contribution is -0.120. The SMILES string of the molecule is C=C/C=C\C=C/CC1(C)CCN(C=O)CC1.C=CN=C.CC.CC.CC.CCOC.CCc1ccccc1. The maximum atomic E-state index is 10.6. The molecule has 0 spiro atoms. The molecule has 1 heterocycles. The molecule has 0 bridgehead atoms. The number of rotatable bonds is 8. The van der Waals surface area contributed by atoms with E-state index >= 15 is 0 Å². The van der Waals surface area contributed by atoms with Gasteiger partial charge in [0, 0.05) is 33.0 Å². The lowest BCUT2D eigenvalue weighted by atomic mass is 9.77. The summed E-state index contributed by atoms with van der Waals surface area (Å²) in [5.74, 6) is 0. The third-order valence-corrected chi connectivity index (χ3v) is 4.93. The zero-order valence-corrected chi connectivity index (χ0v) is 26.7. The first-order valence-electron chi connectivity index (χ1n) is 14.2. The first-order chi connectivity index (χ1) is 18.5. The highest BCUT2D eigenvalue weighted by Gasteiger charge is 2.28. The maximum Gasteiger partial charge on any atom is 0.209 e. The molecule has 0 radical (unpaired) electrons. The lowest BCUT2D eigenvalue weighted by Gasteiger charge is -2.37. The average Bonchev–Trinajstić information content (AvgIpc) is 3.01. The number of carbonyl (C=O) groups is 1. The Hall–Kier alpha value is -2.72. The summed E-state index contributed by atoms with van der Waals surface area (Å²) in [7, 11) is 1.68. The van der Waals surface area contributed by atoms with Crippen LogP contribution in [-0.4, -0.2) is 44.8 Å². The molecule has 0 atom stereocenters. The minimum atomic E-state index is 0.359. The van der Waals surface area contributed by atoms with E-state index in [2.05, 4.69) is 79.9 Å². The second-order valence-corrected chi connectivity index (χ2v) is 7.49. The molecule has 0 N–H and O–H groups in total. The van der Waals surface area contributed by atoms with Crippen molar-refractivity contribution in [2.45, 2.75) is 88.0 Å². The van der Waals surface area contributed by atoms with Gasteiger partial charge < -0.3 is 9.64 Å². The molecule has 0 unspecified atom stereocenters. The summed E-state index contributed by atoms with van der Waals surface area (Å²) in [4.78, 5) is 15.7. The fourth-order valence-corrected chi connectivity index (χ4v) is 2.66. The van der Waals surface area contributed by atoms with Crippen LogP contribution in [-0.2, 0) is 16.0 Å². The van der Waals surface area contributed by atoms with Crippen molar-refractivity contribution in [3.8, 4) is 0 Å². The van der Waals surface area contributed by atoms with Gasteiger partial charge in [-0.15, -0.1) is 0 Å². The molecular formula is C34H62N2O2. The van der Waals surface area contributed by atoms with E-state index in [1.807, 2.05) is 71.6 Å². The zero-order chi connectivity index (χ0) is 30.5. The molecule has 4 nitrogen and oxygen atoms in total. The minimum absolute atomic E-state index is 0.359. The first-order valence-corrected chi connectivity index (χ1v) is 14.2. The van der Waals surface area contributed by atoms with Crippen LogP contribution in [0.2, 0.25) is 0 Å². The number of allylic oxidation sites excluding steroid dienone is 5. The number of piperidine rings is 1. The van der Waals surface area contributed by atoms with Gasteiger partial charge >= 0.3 is 0 Å². The number of carbonyl (C=O) groups excluding carboxylic acids is 1. The largest absolute Gasteiger partial charge is 0.385 e. The van der Waals surface area contributed by atoms with E-state index in [9.17, 15) is 4.79 Å². The zero-order valence-electron chi connectivity index (χ0n) is 26.7. The van der Waals surface area contributed by atoms with Gasteiger partial charge in [-0.25, -0.2) is 0 Å². The predicted molar refractivity (Wildman–Crippen MR) is 175 cm³/mol. The molecule has 220 valence electrons. The van der Waals surface area contributed by atoms with Crippen LogP contribution in [0.15, 0.2) is 85.1 Å². The second kappa shape index (κ2) is 41.4. The summed E-state index contributed by atoms with van der Waals surface area (Å²) in [6, 6.07) is 10.5. The number of ether oxygens (including phenoxy) is 1. The number of methoxy groups -OCH3 is 1. The summed E-state index contributed by atoms with van der Waals surface area (Å²) in [6.07, 6.45) is 16.7. The van der Waals surface area contributed by atoms with Crippen LogP contribution in [0.25, 0.3) is 0 Å². The van der Waals surface area contributed by atoms with E-state index in [0.29, 0.717) is 5.41 Å². The molecule has 0 aromatic heterocycles. The molecule has 0 saturated carbocycles. The topological polar surface area (TPSA) is 41.9 Å². The molecule has 0 aliphatic carbocycles. The number of benzene rings is 1. The van der Waals surface area contributed by atoms with Crippen LogP contribution in [0.1, 0.15) is 87.1 Å². The summed E-state index contributed by atoms with van der Waals surface area (Å²) < 4.78 is 4.54. The van der Waals surface area contributed by atoms with Gasteiger partial charge in [-0.05, 0) is 50.3 Å². The van der Waals surface area contributed by atoms with Crippen LogP contribution in [0.4, 0.5) is 0 Å². The van der Waals surface area contributed by atoms with Crippen molar-refractivity contribution in [3.63, 3.8) is 0 Å². The number of nitrogens with zero attached hydrogens (tertiary/aromatic N) is 2. The smallest absolute Gasteiger partial charge is 0.209 e. The van der Waals surface area contributed by atoms with Gasteiger partial charge in [-0.3, -0.25) is 9.79 Å². The highest BCUT2D eigenvalue weighted by molar-refractivity contribution is 5.47. The number of aryl methyl sites for hydroxylation is 1. The Morgan fingerprint density at radius 1 is 0.947 bits per heavy atom. The van der Waals surface area contributed by atoms with Crippen molar-refractivity contribution in [2.24, 2.45) is 10.4 Å². The van der Waals surface area contributed by atoms with Crippen molar-refractivity contribution in [1.29, 1.82) is 0 Å². The van der Waals surface area contributed by atoms with Crippen molar-refractivity contribution in [2.75, 3.05) is 26.8 Å². The van der Waals surface area contributed by atoms with E-state index in [0.717, 1.165) is 51.8 Å². The number of hydrogen-bond acceptors (Lipinski definition) is 3. The quantitative estimate of drug-likeness (QED) is 0.191. The van der Waals surface area contributed by atoms with Crippen LogP contribution in [0, 0.1) is 5.41 Å². The summed E-state index contributed by atoms with van der Waals surface area (Å²) in [5.41, 5.74) is 1.77. The normalized spacial score (nSPS) is 12.3. The number of amides is 1. The second-order valence-electron chi connectivity index (χ2n) is 7.49. The molecule has 1 saturated heterocycles. The molecular weight excluding hydrogens is 468 g/mol. The van der Waals surface area contributed by atoms with Crippen LogP contribution in [0.3, 0.4) is 0 Å². The molecule has 2 rings (SSSR count). The van der Waals surface area contributed by atoms with Gasteiger partial charge in [0.25, 0.3) is 0 Å². The highest BCUT2D eigenvalue weighted by atomic mass is 16.5. The fraction of sp³-hybridized carbons (Fsp3) is 0.529. The van der Waals surface area contributed by atoms with Gasteiger partial charge in [0.1, 0.15) is 0 Å². The fourth-order valence-electron chi connectivity index (χ4n) is 2.66. The number of aliphatic imine (C=N–C) groups is 1. The van der Waals surface area contributed by atoms with E-state index in [4.69, 9.17) is 0 Å². The maximum absolute atomic E-state index is 10.6. The minimum Gasteiger partial charge on any atom is -0.385 e. The molecule has 1 aliphatic rings. The third kappa shape index (κ3) is 35.4. The summed E-state index contributed by atoms with van der Waals surface area (Å²) in [5, 5.41) is 0. The molecule has 1 aliphatic heterocycles. The Balaban J connectivity index is -0.000000138. The summed E-state index contributed by atoms with van der Waals surface area (Å²) in [6.45, 7) is 31.0. The van der Waals surface area contributed by atoms with Crippen LogP contribution in [0.5, 0.6) is 0 Å². The lowest BCUT2D eigenvalue weighted by Crippen LogP contribution is -2.37. The number of hydrogen-bond donors (Lipinski definition) is 0. The van der Waals surface area contributed by atoms with Crippen molar-refractivity contribution in [1.82, 2.24) is 4.90 Å². The molecule has 1 aromatic rings. The van der Waals surface area contributed by atoms with E-state index in [-0.39, 0.29) is 0 Å². The molecule has 4 heteroatoms. The van der Waals surface area contributed by atoms with Crippen molar-refractivity contribution >= 4 is 13.1 Å². The van der Waals surface area contributed by atoms with Crippen LogP contribution < -0.4 is 0 Å². The first kappa shape index (κ1) is 45.2. The Morgan fingerprint density at radius 3 is 1.74 bits per heavy atom. The van der Waals surface area contributed by atoms with E-state index in [1.165, 1.54) is 11.8 Å². The van der Waals surface area contributed by atoms with Crippen LogP contribution >= 0.6 is 0 Å². The van der Waals surface area contributed by atoms with E-state index < -0.39 is 0 Å². The van der Waals surface area contributed by atoms with Crippen molar-refractivity contribution in [3.05, 3.63) is 85.6 Å². The van der Waals surface area contributed by atoms with Gasteiger partial charge in [-0.2, -0.15) is 0 Å². The molecule has 38 heavy (non-hydrogen) atoms. The highest BCUT2D eigenvalue weighted by Crippen LogP contribution is 2.34. The van der Waals surface area contributed by atoms with Gasteiger partial charge in [0.05, 0.1) is 0 Å². The Kier molecular flexibility index (Phi) is 49.3. The Labute approximate surface area is 238 Å². The average molecular weight is 531 g/mol. The standard InChI is InChI=1S/C14H21NO.C8H10.C3H5N.C3H8O.3C2H6/c1-3-4-5-6-7-8-14(2)9-11-15(13-16)12-10-14;1-2-8-6-4-3-5-7-8;2*1-3-4-2;3*1-2/h3-7,13H,1,8-12H2,2H3;3-7H,2H2,1H3;3H,1-2H2;3H2,1-2H3;3*1-2H3/b5-4-,7-6-;;;;;;. The van der Waals surface area contributed by atoms with Gasteiger partial charge in [0.15, 0.2) is 0 Å². The molecule has 1 amide bonds. The predicted octanol–water partition coefficient (Wildman–Crippen LogP) is 9.74. The van der Waals surface area contributed by atoms with Gasteiger partial charge in [0.2, 0.25) is 6.41 Å². The molecule has 1 aromatic carbocycles. The monoisotopic (exact) mass is 530 g/mol. The molecule has 1 fully saturated rings. The summed E-state index contributed by atoms with van der Waals surface area (Å²) >= 11 is 0. The third-order valence-electron chi connectivity index (χ3n) is 4.93. The number of likely N-dealkylation sites (tertiary alicyclic amines) is 1. The van der Waals surface area contributed by atoms with Gasteiger partial charge in [-0.1, -0.05) is 129 Å². The van der Waals surface area contributed by atoms with E-state index in [1.54, 1.807) is 13.2 Å². The van der Waals surface area contributed by atoms with Crippen molar-refractivity contribution < 1.29 is 9.53 Å². The Bertz CT molecular complexity index is 636.